The van der Waals surface area contributed by atoms with E-state index in [4.69, 9.17) is 4.74 Å². The van der Waals surface area contributed by atoms with Gasteiger partial charge >= 0.3 is 0 Å². The molecule has 1 aromatic carbocycles. The number of imide groups is 1. The van der Waals surface area contributed by atoms with E-state index in [1.807, 2.05) is 6.92 Å². The predicted molar refractivity (Wildman–Crippen MR) is 95.4 cm³/mol. The Morgan fingerprint density at radius 3 is 2.80 bits per heavy atom. The highest BCUT2D eigenvalue weighted by Gasteiger charge is 2.36. The van der Waals surface area contributed by atoms with Crippen LogP contribution < -0.4 is 0 Å². The highest BCUT2D eigenvalue weighted by atomic mass is 79.9. The topological polar surface area (TPSA) is 66.9 Å². The molecule has 0 aromatic heterocycles. The van der Waals surface area contributed by atoms with Gasteiger partial charge in [0.05, 0.1) is 17.2 Å². The molecule has 6 nitrogen and oxygen atoms in total. The summed E-state index contributed by atoms with van der Waals surface area (Å²) in [6.45, 7) is 3.98. The number of hydrogen-bond acceptors (Lipinski definition) is 4. The number of piperidine rings is 1. The molecule has 2 aliphatic heterocycles. The number of rotatable bonds is 5. The minimum atomic E-state index is -0.333. The Morgan fingerprint density at radius 2 is 2.04 bits per heavy atom. The average molecular weight is 409 g/mol. The highest BCUT2D eigenvalue weighted by molar-refractivity contribution is 9.10. The zero-order valence-corrected chi connectivity index (χ0v) is 15.8. The lowest BCUT2D eigenvalue weighted by atomic mass is 10.1. The molecule has 3 amide bonds. The molecule has 0 radical (unpaired) electrons. The fraction of sp³-hybridized carbons (Fsp3) is 0.500. The minimum Gasteiger partial charge on any atom is -0.377 e. The summed E-state index contributed by atoms with van der Waals surface area (Å²) in [5.41, 5.74) is 0.788. The third kappa shape index (κ3) is 3.77. The normalized spacial score (nSPS) is 20.2. The van der Waals surface area contributed by atoms with Crippen LogP contribution in [0.4, 0.5) is 0 Å². The maximum Gasteiger partial charge on any atom is 0.261 e. The fourth-order valence-corrected chi connectivity index (χ4v) is 3.73. The quantitative estimate of drug-likeness (QED) is 0.701. The summed E-state index contributed by atoms with van der Waals surface area (Å²) < 4.78 is 6.36. The van der Waals surface area contributed by atoms with Crippen LogP contribution in [0.5, 0.6) is 0 Å². The lowest BCUT2D eigenvalue weighted by Gasteiger charge is -2.32. The Balaban J connectivity index is 1.59. The van der Waals surface area contributed by atoms with Crippen molar-refractivity contribution in [1.82, 2.24) is 9.80 Å². The van der Waals surface area contributed by atoms with E-state index in [0.29, 0.717) is 30.8 Å². The van der Waals surface area contributed by atoms with E-state index in [0.717, 1.165) is 17.3 Å². The molecule has 1 saturated heterocycles. The Kier molecular flexibility index (Phi) is 5.54. The predicted octanol–water partition coefficient (Wildman–Crippen LogP) is 2.46. The number of likely N-dealkylation sites (tertiary alicyclic amines) is 1. The summed E-state index contributed by atoms with van der Waals surface area (Å²) in [7, 11) is 0. The fourth-order valence-electron chi connectivity index (χ4n) is 3.37. The number of benzene rings is 1. The van der Waals surface area contributed by atoms with E-state index in [9.17, 15) is 14.4 Å². The summed E-state index contributed by atoms with van der Waals surface area (Å²) in [4.78, 5) is 40.2. The number of ether oxygens (including phenoxy) is 1. The first-order valence-corrected chi connectivity index (χ1v) is 9.35. The molecule has 25 heavy (non-hydrogen) atoms. The molecular formula is C18H21BrN2O4. The van der Waals surface area contributed by atoms with E-state index in [1.54, 1.807) is 23.1 Å². The number of hydrogen-bond donors (Lipinski definition) is 0. The van der Waals surface area contributed by atoms with Gasteiger partial charge in [-0.25, -0.2) is 0 Å². The summed E-state index contributed by atoms with van der Waals surface area (Å²) in [5.74, 6) is -0.701. The third-order valence-electron chi connectivity index (χ3n) is 4.62. The molecule has 0 bridgehead atoms. The van der Waals surface area contributed by atoms with Crippen molar-refractivity contribution in [3.63, 3.8) is 0 Å². The van der Waals surface area contributed by atoms with Gasteiger partial charge in [-0.05, 0) is 38.0 Å². The molecule has 0 aliphatic carbocycles. The summed E-state index contributed by atoms with van der Waals surface area (Å²) in [6, 6.07) is 5.02. The van der Waals surface area contributed by atoms with Crippen LogP contribution in [0.15, 0.2) is 22.7 Å². The summed E-state index contributed by atoms with van der Waals surface area (Å²) >= 11 is 3.31. The molecule has 0 N–H and O–H groups in total. The lowest BCUT2D eigenvalue weighted by Crippen LogP contribution is -2.44. The Bertz CT molecular complexity index is 704. The molecule has 2 aliphatic rings. The largest absolute Gasteiger partial charge is 0.377 e. The first-order chi connectivity index (χ1) is 12.0. The molecule has 2 heterocycles. The van der Waals surface area contributed by atoms with Gasteiger partial charge in [-0.3, -0.25) is 19.3 Å². The van der Waals surface area contributed by atoms with Crippen LogP contribution in [0.2, 0.25) is 0 Å². The molecule has 1 fully saturated rings. The molecule has 1 atom stereocenters. The monoisotopic (exact) mass is 408 g/mol. The Morgan fingerprint density at radius 1 is 1.28 bits per heavy atom. The van der Waals surface area contributed by atoms with Gasteiger partial charge in [-0.1, -0.05) is 15.9 Å². The standard InChI is InChI=1S/C18H21BrN2O4/c1-2-25-13-4-3-8-20(11-13)16(22)7-9-21-17(23)14-6-5-12(19)10-15(14)18(21)24/h5-6,10,13H,2-4,7-9,11H2,1H3. The van der Waals surface area contributed by atoms with Crippen molar-refractivity contribution in [1.29, 1.82) is 0 Å². The number of nitrogens with zero attached hydrogens (tertiary/aromatic N) is 2. The SMILES string of the molecule is CCOC1CCCN(C(=O)CCN2C(=O)c3ccc(Br)cc3C2=O)C1. The van der Waals surface area contributed by atoms with E-state index < -0.39 is 0 Å². The summed E-state index contributed by atoms with van der Waals surface area (Å²) in [6.07, 6.45) is 2.10. The molecule has 1 unspecified atom stereocenters. The second kappa shape index (κ2) is 7.66. The molecule has 3 rings (SSSR count). The molecule has 134 valence electrons. The number of fused-ring (bicyclic) bond motifs is 1. The van der Waals surface area contributed by atoms with Crippen LogP contribution in [-0.2, 0) is 9.53 Å². The third-order valence-corrected chi connectivity index (χ3v) is 5.11. The van der Waals surface area contributed by atoms with E-state index in [1.165, 1.54) is 4.90 Å². The van der Waals surface area contributed by atoms with Crippen molar-refractivity contribution in [2.75, 3.05) is 26.2 Å². The van der Waals surface area contributed by atoms with E-state index >= 15 is 0 Å². The second-order valence-corrected chi connectivity index (χ2v) is 7.18. The van der Waals surface area contributed by atoms with Crippen molar-refractivity contribution in [2.45, 2.75) is 32.3 Å². The first-order valence-electron chi connectivity index (χ1n) is 8.56. The zero-order chi connectivity index (χ0) is 18.0. The van der Waals surface area contributed by atoms with Crippen LogP contribution in [0.1, 0.15) is 46.9 Å². The Hall–Kier alpha value is -1.73. The van der Waals surface area contributed by atoms with Crippen LogP contribution in [0.3, 0.4) is 0 Å². The molecule has 1 aromatic rings. The van der Waals surface area contributed by atoms with Crippen LogP contribution in [0.25, 0.3) is 0 Å². The smallest absolute Gasteiger partial charge is 0.261 e. The lowest BCUT2D eigenvalue weighted by molar-refractivity contribution is -0.135. The van der Waals surface area contributed by atoms with E-state index in [2.05, 4.69) is 15.9 Å². The van der Waals surface area contributed by atoms with Crippen LogP contribution in [0, 0.1) is 0 Å². The van der Waals surface area contributed by atoms with Gasteiger partial charge in [0, 0.05) is 37.1 Å². The van der Waals surface area contributed by atoms with Gasteiger partial charge in [0.15, 0.2) is 0 Å². The average Bonchev–Trinajstić information content (AvgIpc) is 2.84. The zero-order valence-electron chi connectivity index (χ0n) is 14.2. The van der Waals surface area contributed by atoms with Gasteiger partial charge in [0.25, 0.3) is 11.8 Å². The van der Waals surface area contributed by atoms with Gasteiger partial charge in [-0.2, -0.15) is 0 Å². The van der Waals surface area contributed by atoms with Gasteiger partial charge < -0.3 is 9.64 Å². The Labute approximate surface area is 155 Å². The van der Waals surface area contributed by atoms with Crippen molar-refractivity contribution in [2.24, 2.45) is 0 Å². The van der Waals surface area contributed by atoms with Crippen molar-refractivity contribution < 1.29 is 19.1 Å². The first kappa shape index (κ1) is 18.1. The number of carbonyl (C=O) groups excluding carboxylic acids is 3. The van der Waals surface area contributed by atoms with Crippen molar-refractivity contribution >= 4 is 33.7 Å². The number of amides is 3. The van der Waals surface area contributed by atoms with Crippen LogP contribution >= 0.6 is 15.9 Å². The van der Waals surface area contributed by atoms with E-state index in [-0.39, 0.29) is 36.8 Å². The molecule has 0 saturated carbocycles. The van der Waals surface area contributed by atoms with Gasteiger partial charge in [0.2, 0.25) is 5.91 Å². The van der Waals surface area contributed by atoms with Gasteiger partial charge in [0.1, 0.15) is 0 Å². The molecule has 7 heteroatoms. The molecular weight excluding hydrogens is 388 g/mol. The minimum absolute atomic E-state index is 0.0397. The van der Waals surface area contributed by atoms with Crippen molar-refractivity contribution in [3.8, 4) is 0 Å². The van der Waals surface area contributed by atoms with Crippen LogP contribution in [-0.4, -0.2) is 59.9 Å². The number of halogens is 1. The summed E-state index contributed by atoms with van der Waals surface area (Å²) in [5, 5.41) is 0. The molecule has 0 spiro atoms. The second-order valence-electron chi connectivity index (χ2n) is 6.26. The maximum absolute atomic E-state index is 12.5. The number of carbonyl (C=O) groups is 3. The maximum atomic E-state index is 12.5. The van der Waals surface area contributed by atoms with Gasteiger partial charge in [-0.15, -0.1) is 0 Å². The van der Waals surface area contributed by atoms with Crippen molar-refractivity contribution in [3.05, 3.63) is 33.8 Å². The highest BCUT2D eigenvalue weighted by Crippen LogP contribution is 2.26.